The molecule has 0 saturated heterocycles. The molecule has 0 unspecified atom stereocenters. The summed E-state index contributed by atoms with van der Waals surface area (Å²) in [4.78, 5) is 12.2. The van der Waals surface area contributed by atoms with Crippen molar-refractivity contribution in [2.75, 3.05) is 11.1 Å². The van der Waals surface area contributed by atoms with E-state index in [4.69, 9.17) is 4.42 Å². The molecule has 0 aliphatic carbocycles. The van der Waals surface area contributed by atoms with E-state index in [2.05, 4.69) is 31.4 Å². The number of thioether (sulfide) groups is 1. The van der Waals surface area contributed by atoms with Gasteiger partial charge in [-0.25, -0.2) is 8.78 Å². The molecule has 6 nitrogen and oxygen atoms in total. The molecule has 0 radical (unpaired) electrons. The maximum Gasteiger partial charge on any atom is 0.234 e. The summed E-state index contributed by atoms with van der Waals surface area (Å²) in [7, 11) is 1.76. The number of amides is 1. The summed E-state index contributed by atoms with van der Waals surface area (Å²) in [5.74, 6) is -1.00. The van der Waals surface area contributed by atoms with Crippen molar-refractivity contribution < 1.29 is 18.0 Å². The van der Waals surface area contributed by atoms with Crippen molar-refractivity contribution in [1.82, 2.24) is 14.8 Å². The number of furan rings is 1. The Hall–Kier alpha value is -2.72. The van der Waals surface area contributed by atoms with E-state index in [1.165, 1.54) is 0 Å². The van der Waals surface area contributed by atoms with Crippen LogP contribution >= 0.6 is 27.7 Å². The fourth-order valence-corrected chi connectivity index (χ4v) is 3.93. The molecule has 0 bridgehead atoms. The highest BCUT2D eigenvalue weighted by molar-refractivity contribution is 9.10. The molecule has 2 aromatic heterocycles. The van der Waals surface area contributed by atoms with E-state index in [0.29, 0.717) is 22.8 Å². The molecule has 4 rings (SSSR count). The van der Waals surface area contributed by atoms with Crippen molar-refractivity contribution in [2.45, 2.75) is 5.16 Å². The monoisotopic (exact) mass is 478 g/mol. The molecule has 10 heteroatoms. The predicted octanol–water partition coefficient (Wildman–Crippen LogP) is 5.00. The third-order valence-electron chi connectivity index (χ3n) is 4.08. The van der Waals surface area contributed by atoms with Crippen LogP contribution in [0.25, 0.3) is 22.6 Å². The minimum Gasteiger partial charge on any atom is -0.453 e. The molecule has 1 amide bonds. The minimum atomic E-state index is -0.860. The number of aromatic nitrogens is 3. The van der Waals surface area contributed by atoms with Gasteiger partial charge in [0.2, 0.25) is 5.91 Å². The van der Waals surface area contributed by atoms with Crippen LogP contribution in [0.1, 0.15) is 0 Å². The van der Waals surface area contributed by atoms with Crippen molar-refractivity contribution in [2.24, 2.45) is 7.05 Å². The number of hydrogen-bond acceptors (Lipinski definition) is 5. The van der Waals surface area contributed by atoms with E-state index < -0.39 is 17.5 Å². The van der Waals surface area contributed by atoms with E-state index in [1.807, 2.05) is 30.3 Å². The first-order valence-electron chi connectivity index (χ1n) is 8.38. The van der Waals surface area contributed by atoms with Gasteiger partial charge in [-0.1, -0.05) is 30.0 Å². The van der Waals surface area contributed by atoms with Gasteiger partial charge in [-0.2, -0.15) is 0 Å². The first-order chi connectivity index (χ1) is 13.9. The van der Waals surface area contributed by atoms with Gasteiger partial charge in [-0.3, -0.25) is 4.79 Å². The molecule has 0 atom stereocenters. The molecule has 2 heterocycles. The van der Waals surface area contributed by atoms with Crippen molar-refractivity contribution >= 4 is 50.3 Å². The Bertz CT molecular complexity index is 1170. The van der Waals surface area contributed by atoms with Crippen molar-refractivity contribution in [3.8, 4) is 11.6 Å². The van der Waals surface area contributed by atoms with E-state index in [9.17, 15) is 13.6 Å². The number of carbonyl (C=O) groups is 1. The molecule has 2 aromatic carbocycles. The van der Waals surface area contributed by atoms with E-state index in [0.717, 1.165) is 28.8 Å². The predicted molar refractivity (Wildman–Crippen MR) is 110 cm³/mol. The second-order valence-electron chi connectivity index (χ2n) is 6.09. The van der Waals surface area contributed by atoms with E-state index in [1.54, 1.807) is 11.6 Å². The molecule has 1 N–H and O–H groups in total. The average molecular weight is 479 g/mol. The highest BCUT2D eigenvalue weighted by atomic mass is 79.9. The van der Waals surface area contributed by atoms with E-state index in [-0.39, 0.29) is 15.9 Å². The molecule has 29 heavy (non-hydrogen) atoms. The Morgan fingerprint density at radius 1 is 1.24 bits per heavy atom. The summed E-state index contributed by atoms with van der Waals surface area (Å²) < 4.78 is 34.6. The topological polar surface area (TPSA) is 73.0 Å². The van der Waals surface area contributed by atoms with Gasteiger partial charge in [-0.05, 0) is 34.1 Å². The van der Waals surface area contributed by atoms with Crippen molar-refractivity contribution in [1.29, 1.82) is 0 Å². The maximum absolute atomic E-state index is 13.8. The van der Waals surface area contributed by atoms with E-state index >= 15 is 0 Å². The molecule has 0 aliphatic rings. The highest BCUT2D eigenvalue weighted by Gasteiger charge is 2.17. The number of nitrogens with one attached hydrogen (secondary N) is 1. The fraction of sp³-hybridized carbons (Fsp3) is 0.105. The second-order valence-corrected chi connectivity index (χ2v) is 7.89. The van der Waals surface area contributed by atoms with Crippen LogP contribution in [0.5, 0.6) is 0 Å². The van der Waals surface area contributed by atoms with Gasteiger partial charge in [0.15, 0.2) is 22.6 Å². The SMILES string of the molecule is Cn1c(SCC(=O)Nc2c(F)cc(F)cc2Br)nnc1-c1cc2ccccc2o1. The van der Waals surface area contributed by atoms with Crippen molar-refractivity contribution in [3.63, 3.8) is 0 Å². The molecule has 148 valence electrons. The lowest BCUT2D eigenvalue weighted by Crippen LogP contribution is -2.16. The zero-order valence-corrected chi connectivity index (χ0v) is 17.4. The summed E-state index contributed by atoms with van der Waals surface area (Å²) in [5.41, 5.74) is 0.629. The fourth-order valence-electron chi connectivity index (χ4n) is 2.71. The Morgan fingerprint density at radius 3 is 2.79 bits per heavy atom. The molecule has 0 saturated carbocycles. The molecule has 0 fully saturated rings. The number of nitrogens with zero attached hydrogens (tertiary/aromatic N) is 3. The third kappa shape index (κ3) is 4.03. The summed E-state index contributed by atoms with van der Waals surface area (Å²) in [6.45, 7) is 0. The van der Waals surface area contributed by atoms with Crippen LogP contribution in [-0.2, 0) is 11.8 Å². The number of benzene rings is 2. The Morgan fingerprint density at radius 2 is 2.03 bits per heavy atom. The Balaban J connectivity index is 1.46. The summed E-state index contributed by atoms with van der Waals surface area (Å²) >= 11 is 4.17. The molecule has 0 aliphatic heterocycles. The number of anilines is 1. The molecule has 4 aromatic rings. The summed E-state index contributed by atoms with van der Waals surface area (Å²) in [5, 5.41) is 12.1. The van der Waals surface area contributed by atoms with Crippen molar-refractivity contribution in [3.05, 3.63) is 58.6 Å². The highest BCUT2D eigenvalue weighted by Crippen LogP contribution is 2.29. The lowest BCUT2D eigenvalue weighted by molar-refractivity contribution is -0.113. The summed E-state index contributed by atoms with van der Waals surface area (Å²) in [6, 6.07) is 11.3. The lowest BCUT2D eigenvalue weighted by Gasteiger charge is -2.08. The third-order valence-corrected chi connectivity index (χ3v) is 5.73. The van der Waals surface area contributed by atoms with Crippen LogP contribution in [-0.4, -0.2) is 26.4 Å². The smallest absolute Gasteiger partial charge is 0.234 e. The van der Waals surface area contributed by atoms with Gasteiger partial charge in [-0.15, -0.1) is 10.2 Å². The number of carbonyl (C=O) groups excluding carboxylic acids is 1. The van der Waals surface area contributed by atoms with Gasteiger partial charge < -0.3 is 14.3 Å². The minimum absolute atomic E-state index is 0.0324. The first-order valence-corrected chi connectivity index (χ1v) is 10.2. The van der Waals surface area contributed by atoms with Gasteiger partial charge in [0.25, 0.3) is 0 Å². The molecular weight excluding hydrogens is 466 g/mol. The zero-order valence-electron chi connectivity index (χ0n) is 14.9. The van der Waals surface area contributed by atoms with Crippen LogP contribution in [0.2, 0.25) is 0 Å². The van der Waals surface area contributed by atoms with Crippen LogP contribution in [0, 0.1) is 11.6 Å². The zero-order chi connectivity index (χ0) is 20.5. The number of rotatable bonds is 5. The quantitative estimate of drug-likeness (QED) is 0.408. The van der Waals surface area contributed by atoms with Crippen LogP contribution in [0.4, 0.5) is 14.5 Å². The summed E-state index contributed by atoms with van der Waals surface area (Å²) in [6.07, 6.45) is 0. The number of halogens is 3. The Labute approximate surface area is 176 Å². The molecule has 0 spiro atoms. The van der Waals surface area contributed by atoms with Crippen LogP contribution < -0.4 is 5.32 Å². The number of hydrogen-bond donors (Lipinski definition) is 1. The second kappa shape index (κ2) is 7.96. The van der Waals surface area contributed by atoms with Gasteiger partial charge in [0, 0.05) is 23.0 Å². The molecular formula is C19H13BrF2N4O2S. The van der Waals surface area contributed by atoms with Crippen LogP contribution in [0.15, 0.2) is 56.5 Å². The standard InChI is InChI=1S/C19H13BrF2N4O2S/c1-26-18(15-6-10-4-2-3-5-14(10)28-15)24-25-19(26)29-9-16(27)23-17-12(20)7-11(21)8-13(17)22/h2-8H,9H2,1H3,(H,23,27). The number of fused-ring (bicyclic) bond motifs is 1. The largest absolute Gasteiger partial charge is 0.453 e. The van der Waals surface area contributed by atoms with Gasteiger partial charge >= 0.3 is 0 Å². The lowest BCUT2D eigenvalue weighted by atomic mass is 10.2. The number of para-hydroxylation sites is 1. The first kappa shape index (κ1) is 19.6. The Kier molecular flexibility index (Phi) is 5.37. The van der Waals surface area contributed by atoms with Crippen LogP contribution in [0.3, 0.4) is 0 Å². The maximum atomic E-state index is 13.8. The average Bonchev–Trinajstić information content (AvgIpc) is 3.26. The van der Waals surface area contributed by atoms with Gasteiger partial charge in [0.05, 0.1) is 11.4 Å². The van der Waals surface area contributed by atoms with Gasteiger partial charge in [0.1, 0.15) is 11.4 Å². The normalized spacial score (nSPS) is 11.2.